The molecule has 0 unspecified atom stereocenters. The van der Waals surface area contributed by atoms with E-state index in [0.717, 1.165) is 44.9 Å². The lowest BCUT2D eigenvalue weighted by Gasteiger charge is -2.11. The molecule has 0 aliphatic rings. The SMILES string of the molecule is COc1ccc(-c2cc(-c3nc4ccccc4[nH]3)nc3cc(-c4ccccc4)nn23)cc1OC. The lowest BCUT2D eigenvalue weighted by atomic mass is 10.1. The smallest absolute Gasteiger partial charge is 0.161 e. The second kappa shape index (κ2) is 8.04. The normalized spacial score (nSPS) is 11.2. The number of imidazole rings is 1. The summed E-state index contributed by atoms with van der Waals surface area (Å²) in [6, 6.07) is 27.8. The Kier molecular flexibility index (Phi) is 4.73. The average molecular weight is 447 g/mol. The maximum atomic E-state index is 5.55. The number of nitrogens with zero attached hydrogens (tertiary/aromatic N) is 4. The Hall–Kier alpha value is -4.65. The van der Waals surface area contributed by atoms with Gasteiger partial charge in [0.1, 0.15) is 5.69 Å². The van der Waals surface area contributed by atoms with Gasteiger partial charge in [-0.25, -0.2) is 14.5 Å². The summed E-state index contributed by atoms with van der Waals surface area (Å²) in [5.74, 6) is 2.01. The number of nitrogens with one attached hydrogen (secondary N) is 1. The van der Waals surface area contributed by atoms with Crippen LogP contribution < -0.4 is 9.47 Å². The number of ether oxygens (including phenoxy) is 2. The third-order valence-electron chi connectivity index (χ3n) is 5.81. The Labute approximate surface area is 195 Å². The fraction of sp³-hybridized carbons (Fsp3) is 0.0741. The van der Waals surface area contributed by atoms with Gasteiger partial charge in [0.05, 0.1) is 36.6 Å². The van der Waals surface area contributed by atoms with Gasteiger partial charge in [0.15, 0.2) is 23.0 Å². The van der Waals surface area contributed by atoms with E-state index in [-0.39, 0.29) is 0 Å². The summed E-state index contributed by atoms with van der Waals surface area (Å²) in [7, 11) is 3.26. The molecule has 166 valence electrons. The van der Waals surface area contributed by atoms with Crippen LogP contribution in [0.1, 0.15) is 0 Å². The second-order valence-corrected chi connectivity index (χ2v) is 7.86. The van der Waals surface area contributed by atoms with Crippen molar-refractivity contribution >= 4 is 16.7 Å². The van der Waals surface area contributed by atoms with Crippen LogP contribution in [0.3, 0.4) is 0 Å². The van der Waals surface area contributed by atoms with Crippen molar-refractivity contribution in [2.75, 3.05) is 14.2 Å². The first-order chi connectivity index (χ1) is 16.7. The molecular formula is C27H21N5O2. The van der Waals surface area contributed by atoms with Gasteiger partial charge < -0.3 is 14.5 Å². The summed E-state index contributed by atoms with van der Waals surface area (Å²) >= 11 is 0. The summed E-state index contributed by atoms with van der Waals surface area (Å²) in [5.41, 5.74) is 6.96. The van der Waals surface area contributed by atoms with Crippen LogP contribution in [0.4, 0.5) is 0 Å². The topological polar surface area (TPSA) is 77.3 Å². The van der Waals surface area contributed by atoms with Crippen molar-refractivity contribution in [3.8, 4) is 45.5 Å². The molecule has 3 heterocycles. The van der Waals surface area contributed by atoms with Gasteiger partial charge in [0, 0.05) is 17.2 Å². The zero-order valence-electron chi connectivity index (χ0n) is 18.7. The Morgan fingerprint density at radius 1 is 0.706 bits per heavy atom. The first-order valence-electron chi connectivity index (χ1n) is 10.9. The minimum Gasteiger partial charge on any atom is -0.493 e. The monoisotopic (exact) mass is 447 g/mol. The molecule has 7 nitrogen and oxygen atoms in total. The molecule has 0 saturated heterocycles. The number of hydrogen-bond donors (Lipinski definition) is 1. The summed E-state index contributed by atoms with van der Waals surface area (Å²) in [6.45, 7) is 0. The third-order valence-corrected chi connectivity index (χ3v) is 5.81. The highest BCUT2D eigenvalue weighted by atomic mass is 16.5. The summed E-state index contributed by atoms with van der Waals surface area (Å²) in [6.07, 6.45) is 0. The van der Waals surface area contributed by atoms with Gasteiger partial charge in [0.25, 0.3) is 0 Å². The van der Waals surface area contributed by atoms with Crippen molar-refractivity contribution in [3.63, 3.8) is 0 Å². The van der Waals surface area contributed by atoms with Crippen LogP contribution >= 0.6 is 0 Å². The Bertz CT molecular complexity index is 1600. The highest BCUT2D eigenvalue weighted by Gasteiger charge is 2.17. The van der Waals surface area contributed by atoms with E-state index in [1.165, 1.54) is 0 Å². The minimum atomic E-state index is 0.644. The third kappa shape index (κ3) is 3.34. The fourth-order valence-corrected chi connectivity index (χ4v) is 4.12. The molecule has 0 aliphatic carbocycles. The van der Waals surface area contributed by atoms with Gasteiger partial charge in [-0.05, 0) is 36.4 Å². The Balaban J connectivity index is 1.60. The van der Waals surface area contributed by atoms with E-state index >= 15 is 0 Å². The first kappa shape index (κ1) is 20.0. The molecule has 0 bridgehead atoms. The van der Waals surface area contributed by atoms with E-state index < -0.39 is 0 Å². The van der Waals surface area contributed by atoms with Crippen LogP contribution in [0.25, 0.3) is 50.7 Å². The van der Waals surface area contributed by atoms with Crippen molar-refractivity contribution in [1.82, 2.24) is 24.6 Å². The number of benzene rings is 3. The van der Waals surface area contributed by atoms with Crippen LogP contribution in [-0.2, 0) is 0 Å². The Morgan fingerprint density at radius 2 is 1.50 bits per heavy atom. The lowest BCUT2D eigenvalue weighted by Crippen LogP contribution is -2.00. The van der Waals surface area contributed by atoms with Gasteiger partial charge in [0.2, 0.25) is 0 Å². The largest absolute Gasteiger partial charge is 0.493 e. The van der Waals surface area contributed by atoms with Gasteiger partial charge >= 0.3 is 0 Å². The molecule has 0 atom stereocenters. The fourth-order valence-electron chi connectivity index (χ4n) is 4.12. The predicted octanol–water partition coefficient (Wildman–Crippen LogP) is 5.62. The van der Waals surface area contributed by atoms with E-state index in [9.17, 15) is 0 Å². The zero-order valence-corrected chi connectivity index (χ0v) is 18.7. The maximum absolute atomic E-state index is 5.55. The van der Waals surface area contributed by atoms with E-state index in [1.54, 1.807) is 14.2 Å². The van der Waals surface area contributed by atoms with E-state index in [1.807, 2.05) is 89.4 Å². The number of fused-ring (bicyclic) bond motifs is 2. The molecule has 0 amide bonds. The van der Waals surface area contributed by atoms with Crippen molar-refractivity contribution in [3.05, 3.63) is 84.9 Å². The molecule has 0 saturated carbocycles. The number of hydrogen-bond acceptors (Lipinski definition) is 5. The highest BCUT2D eigenvalue weighted by molar-refractivity contribution is 5.80. The van der Waals surface area contributed by atoms with E-state index in [4.69, 9.17) is 24.5 Å². The van der Waals surface area contributed by atoms with Crippen LogP contribution in [-0.4, -0.2) is 38.8 Å². The van der Waals surface area contributed by atoms with E-state index in [0.29, 0.717) is 17.3 Å². The van der Waals surface area contributed by atoms with Crippen LogP contribution in [0.15, 0.2) is 84.9 Å². The van der Waals surface area contributed by atoms with Gasteiger partial charge in [-0.3, -0.25) is 0 Å². The number of H-pyrrole nitrogens is 1. The summed E-state index contributed by atoms with van der Waals surface area (Å²) < 4.78 is 12.8. The number of aromatic nitrogens is 5. The lowest BCUT2D eigenvalue weighted by molar-refractivity contribution is 0.355. The van der Waals surface area contributed by atoms with Gasteiger partial charge in [-0.1, -0.05) is 42.5 Å². The predicted molar refractivity (Wildman–Crippen MR) is 132 cm³/mol. The van der Waals surface area contributed by atoms with Crippen LogP contribution in [0.5, 0.6) is 11.5 Å². The zero-order chi connectivity index (χ0) is 23.1. The van der Waals surface area contributed by atoms with Crippen molar-refractivity contribution in [2.45, 2.75) is 0 Å². The molecule has 3 aromatic carbocycles. The maximum Gasteiger partial charge on any atom is 0.161 e. The molecule has 0 radical (unpaired) electrons. The first-order valence-corrected chi connectivity index (χ1v) is 10.9. The number of methoxy groups -OCH3 is 2. The molecule has 0 aliphatic heterocycles. The Morgan fingerprint density at radius 3 is 2.29 bits per heavy atom. The van der Waals surface area contributed by atoms with Gasteiger partial charge in [-0.15, -0.1) is 0 Å². The molecule has 0 fully saturated rings. The van der Waals surface area contributed by atoms with Crippen molar-refractivity contribution in [1.29, 1.82) is 0 Å². The summed E-state index contributed by atoms with van der Waals surface area (Å²) in [5, 5.41) is 4.89. The number of para-hydroxylation sites is 2. The second-order valence-electron chi connectivity index (χ2n) is 7.86. The molecule has 34 heavy (non-hydrogen) atoms. The quantitative estimate of drug-likeness (QED) is 0.371. The van der Waals surface area contributed by atoms with Crippen LogP contribution in [0, 0.1) is 0 Å². The molecular weight excluding hydrogens is 426 g/mol. The molecule has 6 aromatic rings. The summed E-state index contributed by atoms with van der Waals surface area (Å²) in [4.78, 5) is 13.0. The molecule has 3 aromatic heterocycles. The minimum absolute atomic E-state index is 0.644. The van der Waals surface area contributed by atoms with Crippen LogP contribution in [0.2, 0.25) is 0 Å². The van der Waals surface area contributed by atoms with Crippen molar-refractivity contribution in [2.24, 2.45) is 0 Å². The van der Waals surface area contributed by atoms with Gasteiger partial charge in [-0.2, -0.15) is 5.10 Å². The van der Waals surface area contributed by atoms with E-state index in [2.05, 4.69) is 4.98 Å². The number of rotatable bonds is 5. The number of aromatic amines is 1. The standard InChI is InChI=1S/C27H21N5O2/c1-33-24-13-12-18(14-25(24)34-2)23-15-22(27-29-19-10-6-7-11-20(19)30-27)28-26-16-21(31-32(23)26)17-8-4-3-5-9-17/h3-16H,1-2H3,(H,29,30). The average Bonchev–Trinajstić information content (AvgIpc) is 3.52. The molecule has 6 rings (SSSR count). The highest BCUT2D eigenvalue weighted by Crippen LogP contribution is 2.34. The van der Waals surface area contributed by atoms with Crippen molar-refractivity contribution < 1.29 is 9.47 Å². The molecule has 7 heteroatoms. The molecule has 1 N–H and O–H groups in total. The molecule has 0 spiro atoms.